The van der Waals surface area contributed by atoms with Crippen molar-refractivity contribution in [2.45, 2.75) is 58.7 Å². The predicted octanol–water partition coefficient (Wildman–Crippen LogP) is 4.54. The van der Waals surface area contributed by atoms with Gasteiger partial charge >= 0.3 is 0 Å². The van der Waals surface area contributed by atoms with E-state index in [2.05, 4.69) is 54.2 Å². The van der Waals surface area contributed by atoms with Crippen LogP contribution in [0.5, 0.6) is 0 Å². The number of carbonyl (C=O) groups excluding carboxylic acids is 1. The first-order valence-electron chi connectivity index (χ1n) is 12.7. The van der Waals surface area contributed by atoms with Crippen molar-refractivity contribution in [2.75, 3.05) is 29.9 Å². The van der Waals surface area contributed by atoms with E-state index < -0.39 is 0 Å². The van der Waals surface area contributed by atoms with Crippen LogP contribution in [0, 0.1) is 13.8 Å². The van der Waals surface area contributed by atoms with Crippen LogP contribution in [0.15, 0.2) is 42.6 Å². The Kier molecular flexibility index (Phi) is 6.53. The molecule has 0 bridgehead atoms. The number of nitrogens with one attached hydrogen (secondary N) is 1. The molecule has 2 aliphatic heterocycles. The number of carbonyl (C=O) groups is 1. The minimum Gasteiger partial charge on any atom is -0.397 e. The van der Waals surface area contributed by atoms with Gasteiger partial charge in [0.05, 0.1) is 17.1 Å². The number of aryl methyl sites for hydroxylation is 2. The van der Waals surface area contributed by atoms with Gasteiger partial charge in [0.25, 0.3) is 5.91 Å². The number of amides is 1. The van der Waals surface area contributed by atoms with E-state index in [4.69, 9.17) is 16.5 Å². The maximum Gasteiger partial charge on any atom is 0.253 e. The molecular weight excluding hydrogens is 450 g/mol. The summed E-state index contributed by atoms with van der Waals surface area (Å²) in [5.41, 5.74) is 19.0. The van der Waals surface area contributed by atoms with Crippen LogP contribution in [-0.4, -0.2) is 50.8 Å². The number of aromatic nitrogens is 2. The summed E-state index contributed by atoms with van der Waals surface area (Å²) in [6, 6.07) is 12.3. The highest BCUT2D eigenvalue weighted by Gasteiger charge is 2.33. The molecule has 5 rings (SSSR count). The van der Waals surface area contributed by atoms with Crippen molar-refractivity contribution in [3.05, 3.63) is 70.5 Å². The van der Waals surface area contributed by atoms with Crippen LogP contribution in [0.1, 0.15) is 55.4 Å². The summed E-state index contributed by atoms with van der Waals surface area (Å²) in [6.07, 6.45) is 4.78. The molecule has 1 unspecified atom stereocenters. The number of fused-ring (bicyclic) bond motifs is 1. The van der Waals surface area contributed by atoms with Crippen molar-refractivity contribution in [1.29, 1.82) is 0 Å². The lowest BCUT2D eigenvalue weighted by Gasteiger charge is -2.43. The molecule has 192 valence electrons. The van der Waals surface area contributed by atoms with Gasteiger partial charge in [-0.25, -0.2) is 9.97 Å². The zero-order chi connectivity index (χ0) is 25.4. The van der Waals surface area contributed by atoms with E-state index >= 15 is 0 Å². The molecule has 2 aliphatic rings. The molecule has 5 N–H and O–H groups in total. The van der Waals surface area contributed by atoms with Gasteiger partial charge in [-0.2, -0.15) is 0 Å². The van der Waals surface area contributed by atoms with Crippen LogP contribution in [0.25, 0.3) is 0 Å². The third-order valence-electron chi connectivity index (χ3n) is 7.40. The third-order valence-corrected chi connectivity index (χ3v) is 7.40. The Labute approximate surface area is 215 Å². The van der Waals surface area contributed by atoms with Gasteiger partial charge in [0.1, 0.15) is 0 Å². The summed E-state index contributed by atoms with van der Waals surface area (Å²) in [5, 5.41) is 3.38. The molecule has 1 fully saturated rings. The fraction of sp³-hybridized carbons (Fsp3) is 0.393. The largest absolute Gasteiger partial charge is 0.397 e. The van der Waals surface area contributed by atoms with Crippen LogP contribution >= 0.6 is 0 Å². The number of benzene rings is 2. The second-order valence-corrected chi connectivity index (χ2v) is 10.3. The van der Waals surface area contributed by atoms with Gasteiger partial charge in [-0.05, 0) is 87.1 Å². The number of hydrogen-bond acceptors (Lipinski definition) is 7. The van der Waals surface area contributed by atoms with Gasteiger partial charge < -0.3 is 21.7 Å². The number of hydrogen-bond donors (Lipinski definition) is 3. The Balaban J connectivity index is 0.00000200. The van der Waals surface area contributed by atoms with E-state index in [0.29, 0.717) is 35.0 Å². The number of nitrogen functional groups attached to an aromatic ring is 2. The molecule has 0 saturated carbocycles. The smallest absolute Gasteiger partial charge is 0.253 e. The summed E-state index contributed by atoms with van der Waals surface area (Å²) in [6.45, 7) is 8.72. The summed E-state index contributed by atoms with van der Waals surface area (Å²) < 4.78 is 0. The van der Waals surface area contributed by atoms with Gasteiger partial charge in [-0.15, -0.1) is 0 Å². The standard InChI is InChI=1S/C28H35N7O.2H2/c1-17-10-18(2)12-22(11-17)32-28-31-15-21-13-19(3)35(16-26(21)33-28)23-6-8-34(9-7-23)27(36)20-4-5-24(29)25(30)14-20;;/h4-5,10-12,14-15,19,23H,6-9,13,16,29-30H2,1-3H3,(H,31,32,33);2*1H. The number of likely N-dealkylation sites (tertiary alicyclic amines) is 1. The van der Waals surface area contributed by atoms with E-state index in [1.54, 1.807) is 18.2 Å². The van der Waals surface area contributed by atoms with Crippen molar-refractivity contribution in [1.82, 2.24) is 19.8 Å². The van der Waals surface area contributed by atoms with E-state index in [0.717, 1.165) is 50.3 Å². The molecule has 3 aromatic rings. The summed E-state index contributed by atoms with van der Waals surface area (Å²) in [5.74, 6) is 0.656. The first kappa shape index (κ1) is 24.1. The van der Waals surface area contributed by atoms with Crippen molar-refractivity contribution in [2.24, 2.45) is 0 Å². The van der Waals surface area contributed by atoms with Gasteiger partial charge in [-0.3, -0.25) is 9.69 Å². The normalized spacial score (nSPS) is 18.6. The Hall–Kier alpha value is -3.65. The lowest BCUT2D eigenvalue weighted by molar-refractivity contribution is 0.0493. The molecule has 36 heavy (non-hydrogen) atoms. The van der Waals surface area contributed by atoms with Crippen LogP contribution < -0.4 is 16.8 Å². The number of anilines is 4. The molecule has 2 aromatic carbocycles. The zero-order valence-electron chi connectivity index (χ0n) is 21.3. The Morgan fingerprint density at radius 2 is 1.78 bits per heavy atom. The Morgan fingerprint density at radius 1 is 1.06 bits per heavy atom. The van der Waals surface area contributed by atoms with Gasteiger partial charge in [0, 0.05) is 52.0 Å². The molecule has 8 nitrogen and oxygen atoms in total. The summed E-state index contributed by atoms with van der Waals surface area (Å²) in [7, 11) is 0. The first-order chi connectivity index (χ1) is 17.3. The molecule has 1 saturated heterocycles. The zero-order valence-corrected chi connectivity index (χ0v) is 21.3. The van der Waals surface area contributed by atoms with Crippen molar-refractivity contribution in [3.63, 3.8) is 0 Å². The lowest BCUT2D eigenvalue weighted by Crippen LogP contribution is -2.51. The molecule has 8 heteroatoms. The number of nitrogens with zero attached hydrogens (tertiary/aromatic N) is 4. The molecule has 1 amide bonds. The van der Waals surface area contributed by atoms with Crippen LogP contribution in [0.4, 0.5) is 23.0 Å². The topological polar surface area (TPSA) is 113 Å². The number of rotatable bonds is 4. The molecule has 0 aliphatic carbocycles. The predicted molar refractivity (Wildman–Crippen MR) is 148 cm³/mol. The second kappa shape index (κ2) is 9.78. The SMILES string of the molecule is Cc1cc(C)cc(Nc2ncc3c(n2)CN(C2CCN(C(=O)c4ccc(N)c(N)c4)CC2)C(C)C3)c1.[HH].[HH]. The highest BCUT2D eigenvalue weighted by atomic mass is 16.2. The fourth-order valence-electron chi connectivity index (χ4n) is 5.53. The Bertz CT molecular complexity index is 1270. The molecule has 1 aromatic heterocycles. The third kappa shape index (κ3) is 4.99. The molecule has 1 atom stereocenters. The van der Waals surface area contributed by atoms with Gasteiger partial charge in [0.15, 0.2) is 0 Å². The van der Waals surface area contributed by atoms with Crippen molar-refractivity contribution >= 4 is 28.9 Å². The minimum atomic E-state index is 0. The van der Waals surface area contributed by atoms with E-state index in [1.165, 1.54) is 16.7 Å². The average Bonchev–Trinajstić information content (AvgIpc) is 2.84. The van der Waals surface area contributed by atoms with E-state index in [-0.39, 0.29) is 8.76 Å². The van der Waals surface area contributed by atoms with Gasteiger partial charge in [0.2, 0.25) is 5.95 Å². The van der Waals surface area contributed by atoms with Crippen LogP contribution in [-0.2, 0) is 13.0 Å². The first-order valence-corrected chi connectivity index (χ1v) is 12.7. The molecule has 3 heterocycles. The highest BCUT2D eigenvalue weighted by Crippen LogP contribution is 2.29. The molecule has 0 spiro atoms. The van der Waals surface area contributed by atoms with Crippen LogP contribution in [0.2, 0.25) is 0 Å². The van der Waals surface area contributed by atoms with E-state index in [9.17, 15) is 4.79 Å². The second-order valence-electron chi connectivity index (χ2n) is 10.3. The van der Waals surface area contributed by atoms with Gasteiger partial charge in [-0.1, -0.05) is 6.07 Å². The average molecular weight is 490 g/mol. The highest BCUT2D eigenvalue weighted by molar-refractivity contribution is 5.96. The van der Waals surface area contributed by atoms with Crippen LogP contribution in [0.3, 0.4) is 0 Å². The van der Waals surface area contributed by atoms with E-state index in [1.807, 2.05) is 11.1 Å². The lowest BCUT2D eigenvalue weighted by atomic mass is 9.94. The quantitative estimate of drug-likeness (QED) is 0.461. The van der Waals surface area contributed by atoms with Crippen molar-refractivity contribution < 1.29 is 7.65 Å². The summed E-state index contributed by atoms with van der Waals surface area (Å²) in [4.78, 5) is 27.0. The Morgan fingerprint density at radius 3 is 2.47 bits per heavy atom. The van der Waals surface area contributed by atoms with Crippen molar-refractivity contribution in [3.8, 4) is 0 Å². The minimum absolute atomic E-state index is 0. The number of nitrogens with two attached hydrogens (primary N) is 2. The molecule has 0 radical (unpaired) electrons. The monoisotopic (exact) mass is 489 g/mol. The molecular formula is C28H39N7O. The summed E-state index contributed by atoms with van der Waals surface area (Å²) >= 11 is 0. The fourth-order valence-corrected chi connectivity index (χ4v) is 5.53. The maximum absolute atomic E-state index is 13.0. The number of piperidine rings is 1. The maximum atomic E-state index is 13.0.